The zero-order chi connectivity index (χ0) is 16.4. The number of H-pyrrole nitrogens is 1. The number of benzene rings is 1. The van der Waals surface area contributed by atoms with Crippen molar-refractivity contribution in [3.05, 3.63) is 48.0 Å². The number of amides is 1. The van der Waals surface area contributed by atoms with Gasteiger partial charge < -0.3 is 24.2 Å². The average Bonchev–Trinajstić information content (AvgIpc) is 3.22. The van der Waals surface area contributed by atoms with Gasteiger partial charge in [0.25, 0.3) is 5.91 Å². The van der Waals surface area contributed by atoms with Crippen LogP contribution in [0.1, 0.15) is 21.0 Å². The number of nitrogens with one attached hydrogen (secondary N) is 2. The van der Waals surface area contributed by atoms with Crippen LogP contribution in [-0.4, -0.2) is 31.1 Å². The van der Waals surface area contributed by atoms with Crippen LogP contribution in [0.2, 0.25) is 0 Å². The predicted octanol–water partition coefficient (Wildman–Crippen LogP) is 2.81. The predicted molar refractivity (Wildman–Crippen MR) is 82.9 cm³/mol. The molecule has 23 heavy (non-hydrogen) atoms. The van der Waals surface area contributed by atoms with Gasteiger partial charge in [0.15, 0.2) is 5.76 Å². The first-order valence-electron chi connectivity index (χ1n) is 6.77. The summed E-state index contributed by atoms with van der Waals surface area (Å²) in [4.78, 5) is 27.1. The van der Waals surface area contributed by atoms with Gasteiger partial charge in [-0.05, 0) is 24.3 Å². The third kappa shape index (κ3) is 2.64. The number of hydrogen-bond acceptors (Lipinski definition) is 5. The van der Waals surface area contributed by atoms with Crippen molar-refractivity contribution in [1.29, 1.82) is 0 Å². The summed E-state index contributed by atoms with van der Waals surface area (Å²) in [6.45, 7) is 0. The number of methoxy groups -OCH3 is 2. The lowest BCUT2D eigenvalue weighted by Gasteiger charge is -2.05. The number of fused-ring (bicyclic) bond motifs is 1. The zero-order valence-corrected chi connectivity index (χ0v) is 12.5. The molecule has 0 radical (unpaired) electrons. The summed E-state index contributed by atoms with van der Waals surface area (Å²) in [5.74, 6) is -0.283. The van der Waals surface area contributed by atoms with Gasteiger partial charge in [-0.2, -0.15) is 0 Å². The third-order valence-corrected chi connectivity index (χ3v) is 3.38. The first-order valence-corrected chi connectivity index (χ1v) is 6.77. The van der Waals surface area contributed by atoms with Crippen molar-refractivity contribution in [2.24, 2.45) is 0 Å². The molecule has 7 heteroatoms. The molecule has 118 valence electrons. The summed E-state index contributed by atoms with van der Waals surface area (Å²) in [7, 11) is 2.82. The smallest absolute Gasteiger partial charge is 0.356 e. The fraction of sp³-hybridized carbons (Fsp3) is 0.125. The molecule has 0 aliphatic heterocycles. The van der Waals surface area contributed by atoms with Crippen LogP contribution in [0.15, 0.2) is 41.0 Å². The van der Waals surface area contributed by atoms with E-state index in [0.29, 0.717) is 22.3 Å². The van der Waals surface area contributed by atoms with Crippen LogP contribution in [0.3, 0.4) is 0 Å². The van der Waals surface area contributed by atoms with Crippen LogP contribution in [0.25, 0.3) is 10.9 Å². The molecule has 0 aliphatic carbocycles. The molecule has 2 N–H and O–H groups in total. The molecule has 0 aliphatic rings. The van der Waals surface area contributed by atoms with E-state index in [4.69, 9.17) is 13.9 Å². The zero-order valence-electron chi connectivity index (χ0n) is 12.5. The minimum Gasteiger partial charge on any atom is -0.497 e. The molecular formula is C16H14N2O5. The summed E-state index contributed by atoms with van der Waals surface area (Å²) in [5.41, 5.74) is 1.12. The van der Waals surface area contributed by atoms with Gasteiger partial charge in [-0.1, -0.05) is 0 Å². The minimum absolute atomic E-state index is 0.142. The minimum atomic E-state index is -0.588. The van der Waals surface area contributed by atoms with E-state index >= 15 is 0 Å². The molecule has 1 aromatic carbocycles. The number of aromatic amines is 1. The Bertz CT molecular complexity index is 864. The SMILES string of the molecule is COC(=O)c1[nH]c2cc(OC)ccc2c1NC(=O)c1ccco1. The number of furan rings is 1. The van der Waals surface area contributed by atoms with E-state index in [0.717, 1.165) is 0 Å². The number of anilines is 1. The fourth-order valence-electron chi connectivity index (χ4n) is 2.27. The van der Waals surface area contributed by atoms with Crippen molar-refractivity contribution in [3.63, 3.8) is 0 Å². The third-order valence-electron chi connectivity index (χ3n) is 3.38. The van der Waals surface area contributed by atoms with E-state index in [1.54, 1.807) is 31.4 Å². The Morgan fingerprint density at radius 2 is 2.04 bits per heavy atom. The molecule has 2 aromatic heterocycles. The Kier molecular flexibility index (Phi) is 3.76. The highest BCUT2D eigenvalue weighted by atomic mass is 16.5. The molecule has 0 saturated heterocycles. The Morgan fingerprint density at radius 1 is 1.22 bits per heavy atom. The molecule has 2 heterocycles. The van der Waals surface area contributed by atoms with Crippen molar-refractivity contribution in [2.45, 2.75) is 0 Å². The van der Waals surface area contributed by atoms with Crippen LogP contribution in [0, 0.1) is 0 Å². The van der Waals surface area contributed by atoms with Crippen LogP contribution < -0.4 is 10.1 Å². The Labute approximate surface area is 131 Å². The van der Waals surface area contributed by atoms with Crippen molar-refractivity contribution in [2.75, 3.05) is 19.5 Å². The first kappa shape index (κ1) is 14.7. The van der Waals surface area contributed by atoms with Gasteiger partial charge in [-0.3, -0.25) is 4.79 Å². The van der Waals surface area contributed by atoms with E-state index in [1.165, 1.54) is 19.4 Å². The summed E-state index contributed by atoms with van der Waals surface area (Å²) in [6.07, 6.45) is 1.40. The van der Waals surface area contributed by atoms with Crippen molar-refractivity contribution < 1.29 is 23.5 Å². The largest absolute Gasteiger partial charge is 0.497 e. The van der Waals surface area contributed by atoms with Gasteiger partial charge in [0.05, 0.1) is 31.7 Å². The molecule has 0 bridgehead atoms. The Morgan fingerprint density at radius 3 is 2.70 bits per heavy atom. The highest BCUT2D eigenvalue weighted by Crippen LogP contribution is 2.31. The standard InChI is InChI=1S/C16H14N2O5/c1-21-9-5-6-10-11(8-9)17-14(16(20)22-2)13(10)18-15(19)12-4-3-7-23-12/h3-8,17H,1-2H3,(H,18,19). The number of rotatable bonds is 4. The summed E-state index contributed by atoms with van der Waals surface area (Å²) >= 11 is 0. The molecule has 0 fully saturated rings. The second-order valence-electron chi connectivity index (χ2n) is 4.71. The number of esters is 1. The van der Waals surface area contributed by atoms with Crippen LogP contribution in [0.4, 0.5) is 5.69 Å². The Hall–Kier alpha value is -3.22. The van der Waals surface area contributed by atoms with Crippen molar-refractivity contribution in [3.8, 4) is 5.75 Å². The molecular weight excluding hydrogens is 300 g/mol. The second kappa shape index (κ2) is 5.88. The maximum atomic E-state index is 12.2. The number of carbonyl (C=O) groups excluding carboxylic acids is 2. The van der Waals surface area contributed by atoms with Gasteiger partial charge in [-0.15, -0.1) is 0 Å². The van der Waals surface area contributed by atoms with Crippen molar-refractivity contribution in [1.82, 2.24) is 4.98 Å². The summed E-state index contributed by atoms with van der Waals surface area (Å²) in [6, 6.07) is 8.35. The van der Waals surface area contributed by atoms with E-state index in [9.17, 15) is 9.59 Å². The number of carbonyl (C=O) groups is 2. The summed E-state index contributed by atoms with van der Waals surface area (Å²) in [5, 5.41) is 3.34. The average molecular weight is 314 g/mol. The molecule has 0 unspecified atom stereocenters. The van der Waals surface area contributed by atoms with E-state index in [2.05, 4.69) is 10.3 Å². The maximum Gasteiger partial charge on any atom is 0.356 e. The maximum absolute atomic E-state index is 12.2. The lowest BCUT2D eigenvalue weighted by molar-refractivity contribution is 0.0596. The second-order valence-corrected chi connectivity index (χ2v) is 4.71. The molecule has 3 rings (SSSR count). The lowest BCUT2D eigenvalue weighted by Crippen LogP contribution is -2.14. The highest BCUT2D eigenvalue weighted by Gasteiger charge is 2.21. The molecule has 1 amide bonds. The van der Waals surface area contributed by atoms with Crippen LogP contribution in [-0.2, 0) is 4.74 Å². The number of hydrogen-bond donors (Lipinski definition) is 2. The normalized spacial score (nSPS) is 10.5. The molecule has 0 atom stereocenters. The quantitative estimate of drug-likeness (QED) is 0.722. The molecule has 0 saturated carbocycles. The fourth-order valence-corrected chi connectivity index (χ4v) is 2.27. The first-order chi connectivity index (χ1) is 11.1. The van der Waals surface area contributed by atoms with Gasteiger partial charge in [-0.25, -0.2) is 4.79 Å². The highest BCUT2D eigenvalue weighted by molar-refractivity contribution is 6.14. The van der Waals surface area contributed by atoms with Crippen LogP contribution >= 0.6 is 0 Å². The topological polar surface area (TPSA) is 93.6 Å². The monoisotopic (exact) mass is 314 g/mol. The van der Waals surface area contributed by atoms with Gasteiger partial charge in [0, 0.05) is 11.5 Å². The van der Waals surface area contributed by atoms with Crippen LogP contribution in [0.5, 0.6) is 5.75 Å². The van der Waals surface area contributed by atoms with Gasteiger partial charge in [0.2, 0.25) is 0 Å². The molecule has 3 aromatic rings. The summed E-state index contributed by atoms with van der Waals surface area (Å²) < 4.78 is 15.0. The number of aromatic nitrogens is 1. The molecule has 7 nitrogen and oxygen atoms in total. The number of ether oxygens (including phenoxy) is 2. The van der Waals surface area contributed by atoms with E-state index in [-0.39, 0.29) is 11.5 Å². The van der Waals surface area contributed by atoms with Gasteiger partial charge in [0.1, 0.15) is 11.4 Å². The van der Waals surface area contributed by atoms with E-state index < -0.39 is 11.9 Å². The van der Waals surface area contributed by atoms with Crippen molar-refractivity contribution >= 4 is 28.5 Å². The Balaban J connectivity index is 2.08. The van der Waals surface area contributed by atoms with E-state index in [1.807, 2.05) is 0 Å². The van der Waals surface area contributed by atoms with Gasteiger partial charge >= 0.3 is 5.97 Å². The molecule has 0 spiro atoms. The lowest BCUT2D eigenvalue weighted by atomic mass is 10.2.